The van der Waals surface area contributed by atoms with Gasteiger partial charge in [0.25, 0.3) is 0 Å². The maximum Gasteiger partial charge on any atom is 0.0773 e. The molecule has 13 heavy (non-hydrogen) atoms. The SMILES string of the molecule is CCSc1ccc(Cl)cc1C(C)O. The molecule has 1 aromatic carbocycles. The smallest absolute Gasteiger partial charge is 0.0773 e. The molecule has 1 unspecified atom stereocenters. The zero-order valence-corrected chi connectivity index (χ0v) is 9.32. The molecule has 0 aliphatic carbocycles. The Hall–Kier alpha value is -0.180. The third kappa shape index (κ3) is 2.90. The van der Waals surface area contributed by atoms with Gasteiger partial charge >= 0.3 is 0 Å². The number of thioether (sulfide) groups is 1. The highest BCUT2D eigenvalue weighted by Crippen LogP contribution is 2.29. The van der Waals surface area contributed by atoms with Gasteiger partial charge in [-0.3, -0.25) is 0 Å². The Morgan fingerprint density at radius 1 is 1.54 bits per heavy atom. The number of aliphatic hydroxyl groups is 1. The maximum atomic E-state index is 9.48. The lowest BCUT2D eigenvalue weighted by Crippen LogP contribution is -1.94. The second-order valence-corrected chi connectivity index (χ2v) is 4.53. The first kappa shape index (κ1) is 10.9. The van der Waals surface area contributed by atoms with E-state index in [0.29, 0.717) is 5.02 Å². The number of rotatable bonds is 3. The maximum absolute atomic E-state index is 9.48. The predicted octanol–water partition coefficient (Wildman–Crippen LogP) is 3.51. The zero-order chi connectivity index (χ0) is 9.84. The van der Waals surface area contributed by atoms with Gasteiger partial charge in [0.05, 0.1) is 6.10 Å². The van der Waals surface area contributed by atoms with Gasteiger partial charge in [0.15, 0.2) is 0 Å². The van der Waals surface area contributed by atoms with Crippen LogP contribution in [0.15, 0.2) is 23.1 Å². The highest BCUT2D eigenvalue weighted by molar-refractivity contribution is 7.99. The van der Waals surface area contributed by atoms with E-state index in [1.54, 1.807) is 18.7 Å². The van der Waals surface area contributed by atoms with Gasteiger partial charge < -0.3 is 5.11 Å². The van der Waals surface area contributed by atoms with E-state index in [2.05, 4.69) is 6.92 Å². The average molecular weight is 217 g/mol. The van der Waals surface area contributed by atoms with Crippen LogP contribution in [0.1, 0.15) is 25.5 Å². The Bertz CT molecular complexity index is 286. The predicted molar refractivity (Wildman–Crippen MR) is 58.5 cm³/mol. The third-order valence-electron chi connectivity index (χ3n) is 1.72. The summed E-state index contributed by atoms with van der Waals surface area (Å²) in [5.41, 5.74) is 0.916. The second kappa shape index (κ2) is 4.89. The summed E-state index contributed by atoms with van der Waals surface area (Å²) in [7, 11) is 0. The molecular weight excluding hydrogens is 204 g/mol. The molecule has 1 aromatic rings. The van der Waals surface area contributed by atoms with Crippen molar-refractivity contribution in [3.63, 3.8) is 0 Å². The molecular formula is C10H13ClOS. The zero-order valence-electron chi connectivity index (χ0n) is 7.75. The molecule has 72 valence electrons. The molecule has 1 nitrogen and oxygen atoms in total. The van der Waals surface area contributed by atoms with Crippen LogP contribution in [0.2, 0.25) is 5.02 Å². The Kier molecular flexibility index (Phi) is 4.10. The highest BCUT2D eigenvalue weighted by atomic mass is 35.5. The lowest BCUT2D eigenvalue weighted by atomic mass is 10.1. The topological polar surface area (TPSA) is 20.2 Å². The van der Waals surface area contributed by atoms with Gasteiger partial charge in [-0.15, -0.1) is 11.8 Å². The number of aliphatic hydroxyl groups excluding tert-OH is 1. The van der Waals surface area contributed by atoms with E-state index < -0.39 is 6.10 Å². The van der Waals surface area contributed by atoms with Crippen molar-refractivity contribution < 1.29 is 5.11 Å². The van der Waals surface area contributed by atoms with Crippen molar-refractivity contribution in [2.24, 2.45) is 0 Å². The van der Waals surface area contributed by atoms with Crippen LogP contribution in [0, 0.1) is 0 Å². The number of hydrogen-bond acceptors (Lipinski definition) is 2. The van der Waals surface area contributed by atoms with Crippen molar-refractivity contribution in [3.05, 3.63) is 28.8 Å². The van der Waals surface area contributed by atoms with Crippen LogP contribution < -0.4 is 0 Å². The minimum absolute atomic E-state index is 0.451. The van der Waals surface area contributed by atoms with Crippen LogP contribution >= 0.6 is 23.4 Å². The monoisotopic (exact) mass is 216 g/mol. The second-order valence-electron chi connectivity index (χ2n) is 2.79. The Balaban J connectivity index is 3.03. The summed E-state index contributed by atoms with van der Waals surface area (Å²) in [6.45, 7) is 3.84. The van der Waals surface area contributed by atoms with Gasteiger partial charge in [-0.25, -0.2) is 0 Å². The van der Waals surface area contributed by atoms with Crippen molar-refractivity contribution >= 4 is 23.4 Å². The van der Waals surface area contributed by atoms with Gasteiger partial charge in [0, 0.05) is 9.92 Å². The van der Waals surface area contributed by atoms with E-state index in [9.17, 15) is 5.11 Å². The van der Waals surface area contributed by atoms with Crippen LogP contribution in [-0.2, 0) is 0 Å². The van der Waals surface area contributed by atoms with Crippen LogP contribution in [-0.4, -0.2) is 10.9 Å². The van der Waals surface area contributed by atoms with Crippen molar-refractivity contribution in [2.45, 2.75) is 24.8 Å². The van der Waals surface area contributed by atoms with E-state index in [0.717, 1.165) is 16.2 Å². The standard InChI is InChI=1S/C10H13ClOS/c1-3-13-10-5-4-8(11)6-9(10)7(2)12/h4-7,12H,3H2,1-2H3. The fourth-order valence-corrected chi connectivity index (χ4v) is 2.18. The number of benzene rings is 1. The molecule has 0 heterocycles. The fraction of sp³-hybridized carbons (Fsp3) is 0.400. The lowest BCUT2D eigenvalue weighted by Gasteiger charge is -2.10. The molecule has 0 aromatic heterocycles. The van der Waals surface area contributed by atoms with Gasteiger partial charge in [0.2, 0.25) is 0 Å². The van der Waals surface area contributed by atoms with Gasteiger partial charge in [-0.05, 0) is 36.4 Å². The molecule has 0 saturated carbocycles. The summed E-state index contributed by atoms with van der Waals surface area (Å²) >= 11 is 7.56. The third-order valence-corrected chi connectivity index (χ3v) is 2.93. The largest absolute Gasteiger partial charge is 0.389 e. The first-order valence-corrected chi connectivity index (χ1v) is 5.61. The number of hydrogen-bond donors (Lipinski definition) is 1. The summed E-state index contributed by atoms with van der Waals surface area (Å²) in [5.74, 6) is 1.00. The van der Waals surface area contributed by atoms with Crippen molar-refractivity contribution in [2.75, 3.05) is 5.75 Å². The molecule has 0 radical (unpaired) electrons. The Morgan fingerprint density at radius 2 is 2.23 bits per heavy atom. The van der Waals surface area contributed by atoms with E-state index in [1.165, 1.54) is 0 Å². The van der Waals surface area contributed by atoms with E-state index in [1.807, 2.05) is 18.2 Å². The Labute approximate surface area is 88.1 Å². The molecule has 0 aliphatic heterocycles. The van der Waals surface area contributed by atoms with Gasteiger partial charge in [-0.1, -0.05) is 18.5 Å². The molecule has 0 amide bonds. The van der Waals surface area contributed by atoms with E-state index in [4.69, 9.17) is 11.6 Å². The fourth-order valence-electron chi connectivity index (χ4n) is 1.13. The summed E-state index contributed by atoms with van der Waals surface area (Å²) in [6, 6.07) is 5.63. The van der Waals surface area contributed by atoms with Crippen molar-refractivity contribution in [1.82, 2.24) is 0 Å². The average Bonchev–Trinajstić information content (AvgIpc) is 2.08. The van der Waals surface area contributed by atoms with Crippen molar-refractivity contribution in [3.8, 4) is 0 Å². The molecule has 1 N–H and O–H groups in total. The first-order valence-electron chi connectivity index (χ1n) is 4.25. The lowest BCUT2D eigenvalue weighted by molar-refractivity contribution is 0.196. The molecule has 0 bridgehead atoms. The van der Waals surface area contributed by atoms with Crippen molar-refractivity contribution in [1.29, 1.82) is 0 Å². The summed E-state index contributed by atoms with van der Waals surface area (Å²) < 4.78 is 0. The highest BCUT2D eigenvalue weighted by Gasteiger charge is 2.07. The molecule has 1 atom stereocenters. The van der Waals surface area contributed by atoms with E-state index >= 15 is 0 Å². The minimum atomic E-state index is -0.451. The quantitative estimate of drug-likeness (QED) is 0.781. The van der Waals surface area contributed by atoms with Crippen LogP contribution in [0.25, 0.3) is 0 Å². The van der Waals surface area contributed by atoms with Gasteiger partial charge in [0.1, 0.15) is 0 Å². The summed E-state index contributed by atoms with van der Waals surface area (Å²) in [6.07, 6.45) is -0.451. The Morgan fingerprint density at radius 3 is 2.77 bits per heavy atom. The molecule has 0 saturated heterocycles. The molecule has 0 fully saturated rings. The normalized spacial score (nSPS) is 12.9. The molecule has 0 aliphatic rings. The van der Waals surface area contributed by atoms with E-state index in [-0.39, 0.29) is 0 Å². The van der Waals surface area contributed by atoms with Gasteiger partial charge in [-0.2, -0.15) is 0 Å². The minimum Gasteiger partial charge on any atom is -0.389 e. The summed E-state index contributed by atoms with van der Waals surface area (Å²) in [5, 5.41) is 10.2. The van der Waals surface area contributed by atoms with Crippen LogP contribution in [0.3, 0.4) is 0 Å². The van der Waals surface area contributed by atoms with Crippen LogP contribution in [0.4, 0.5) is 0 Å². The first-order chi connectivity index (χ1) is 6.15. The summed E-state index contributed by atoms with van der Waals surface area (Å²) in [4.78, 5) is 1.11. The molecule has 0 spiro atoms. The van der Waals surface area contributed by atoms with Crippen LogP contribution in [0.5, 0.6) is 0 Å². The number of halogens is 1. The molecule has 3 heteroatoms. The molecule has 1 rings (SSSR count).